The van der Waals surface area contributed by atoms with Crippen LogP contribution in [-0.4, -0.2) is 32.1 Å². The summed E-state index contributed by atoms with van der Waals surface area (Å²) < 4.78 is 22.9. The van der Waals surface area contributed by atoms with Gasteiger partial charge in [0, 0.05) is 47.1 Å². The predicted octanol–water partition coefficient (Wildman–Crippen LogP) is 4.39. The van der Waals surface area contributed by atoms with Crippen LogP contribution < -0.4 is 10.3 Å². The van der Waals surface area contributed by atoms with E-state index < -0.39 is 16.1 Å². The maximum absolute atomic E-state index is 13.5. The van der Waals surface area contributed by atoms with Crippen molar-refractivity contribution in [2.24, 2.45) is 0 Å². The van der Waals surface area contributed by atoms with Crippen LogP contribution in [0.3, 0.4) is 0 Å². The second-order valence-electron chi connectivity index (χ2n) is 9.37. The van der Waals surface area contributed by atoms with E-state index >= 15 is 0 Å². The average Bonchev–Trinajstić information content (AvgIpc) is 3.52. The monoisotopic (exact) mass is 451 g/mol. The molecule has 1 aliphatic heterocycles. The first-order chi connectivity index (χ1) is 14.2. The van der Waals surface area contributed by atoms with Gasteiger partial charge in [0.1, 0.15) is 10.6 Å². The number of nitrogens with one attached hydrogen (secondary N) is 1. The number of aromatic nitrogens is 2. The van der Waals surface area contributed by atoms with Crippen LogP contribution in [0, 0.1) is 0 Å². The molecule has 0 spiro atoms. The minimum absolute atomic E-state index is 0.0168. The van der Waals surface area contributed by atoms with Gasteiger partial charge in [-0.15, -0.1) is 4.72 Å². The van der Waals surface area contributed by atoms with Gasteiger partial charge in [0.25, 0.3) is 5.56 Å². The summed E-state index contributed by atoms with van der Waals surface area (Å²) in [5, 5.41) is 1.03. The maximum atomic E-state index is 13.5. The molecule has 2 heterocycles. The van der Waals surface area contributed by atoms with Crippen molar-refractivity contribution in [2.45, 2.75) is 76.1 Å². The summed E-state index contributed by atoms with van der Waals surface area (Å²) >= 11 is 5.15. The number of benzene rings is 1. The predicted molar refractivity (Wildman–Crippen MR) is 122 cm³/mol. The van der Waals surface area contributed by atoms with E-state index in [2.05, 4.69) is 4.72 Å². The van der Waals surface area contributed by atoms with Gasteiger partial charge in [-0.1, -0.05) is 11.6 Å². The fraction of sp³-hybridized carbons (Fsp3) is 0.636. The minimum atomic E-state index is -1.25. The number of nitrogens with zero attached hydrogens (tertiary/aromatic N) is 2. The van der Waals surface area contributed by atoms with Gasteiger partial charge in [-0.3, -0.25) is 9.36 Å². The van der Waals surface area contributed by atoms with Crippen LogP contribution in [0.2, 0.25) is 5.02 Å². The Balaban J connectivity index is 1.85. The van der Waals surface area contributed by atoms with Crippen molar-refractivity contribution >= 4 is 33.9 Å². The van der Waals surface area contributed by atoms with E-state index in [1.165, 1.54) is 0 Å². The highest BCUT2D eigenvalue weighted by atomic mass is 35.5. The first kappa shape index (κ1) is 22.1. The summed E-state index contributed by atoms with van der Waals surface area (Å²) in [4.78, 5) is 18.6. The molecule has 1 aromatic carbocycles. The van der Waals surface area contributed by atoms with E-state index in [0.717, 1.165) is 37.1 Å². The number of hydrogen-bond acceptors (Lipinski definition) is 5. The van der Waals surface area contributed by atoms with E-state index in [9.17, 15) is 9.35 Å². The lowest BCUT2D eigenvalue weighted by atomic mass is 9.98. The maximum Gasteiger partial charge on any atom is 0.261 e. The zero-order chi connectivity index (χ0) is 21.6. The third-order valence-electron chi connectivity index (χ3n) is 5.83. The summed E-state index contributed by atoms with van der Waals surface area (Å²) in [6, 6.07) is 3.52. The quantitative estimate of drug-likeness (QED) is 0.682. The van der Waals surface area contributed by atoms with Gasteiger partial charge in [0.15, 0.2) is 0 Å². The molecule has 2 fully saturated rings. The molecule has 4 rings (SSSR count). The molecule has 8 heteroatoms. The average molecular weight is 452 g/mol. The summed E-state index contributed by atoms with van der Waals surface area (Å²) in [6.07, 6.45) is 3.77. The summed E-state index contributed by atoms with van der Waals surface area (Å²) in [7, 11) is 0. The largest absolute Gasteiger partial charge is 0.598 e. The van der Waals surface area contributed by atoms with Crippen LogP contribution in [0.5, 0.6) is 0 Å². The highest BCUT2D eigenvalue weighted by Crippen LogP contribution is 2.39. The fourth-order valence-corrected chi connectivity index (χ4v) is 5.00. The Bertz CT molecular complexity index is 994. The third-order valence-corrected chi connectivity index (χ3v) is 7.73. The molecule has 164 valence electrons. The molecule has 0 radical (unpaired) electrons. The van der Waals surface area contributed by atoms with Crippen molar-refractivity contribution in [3.05, 3.63) is 38.9 Å². The highest BCUT2D eigenvalue weighted by Gasteiger charge is 2.33. The van der Waals surface area contributed by atoms with Crippen molar-refractivity contribution in [1.29, 1.82) is 0 Å². The molecule has 2 aliphatic rings. The van der Waals surface area contributed by atoms with E-state index in [0.29, 0.717) is 29.1 Å². The molecule has 6 nitrogen and oxygen atoms in total. The number of rotatable bonds is 5. The lowest BCUT2D eigenvalue weighted by molar-refractivity contribution is 0.0825. The molecule has 1 saturated carbocycles. The molecule has 0 bridgehead atoms. The Labute approximate surface area is 185 Å². The smallest absolute Gasteiger partial charge is 0.261 e. The van der Waals surface area contributed by atoms with E-state index in [4.69, 9.17) is 21.3 Å². The molecule has 1 aromatic heterocycles. The van der Waals surface area contributed by atoms with Crippen molar-refractivity contribution in [3.8, 4) is 0 Å². The van der Waals surface area contributed by atoms with Gasteiger partial charge in [0.05, 0.1) is 16.9 Å². The Morgan fingerprint density at radius 2 is 1.93 bits per heavy atom. The standard InChI is InChI=1S/C22H30ClN3O3S/c1-13(25-30(28)22(2,3)4)17-11-15(23)12-18-19(17)24-20(14-7-9-29-10-8-14)26(21(18)27)16-5-6-16/h11-14,16,25H,5-10H2,1-4H3/t13-,30?/m1/s1. The van der Waals surface area contributed by atoms with Crippen molar-refractivity contribution < 1.29 is 9.29 Å². The van der Waals surface area contributed by atoms with Gasteiger partial charge in [-0.05, 0) is 65.5 Å². The minimum Gasteiger partial charge on any atom is -0.598 e. The van der Waals surface area contributed by atoms with Gasteiger partial charge < -0.3 is 9.29 Å². The Morgan fingerprint density at radius 1 is 1.27 bits per heavy atom. The van der Waals surface area contributed by atoms with Gasteiger partial charge in [-0.25, -0.2) is 4.98 Å². The van der Waals surface area contributed by atoms with Crippen LogP contribution in [0.1, 0.15) is 82.8 Å². The number of hydrogen-bond donors (Lipinski definition) is 1. The van der Waals surface area contributed by atoms with Crippen LogP contribution >= 0.6 is 11.6 Å². The van der Waals surface area contributed by atoms with Crippen LogP contribution in [0.15, 0.2) is 16.9 Å². The lowest BCUT2D eigenvalue weighted by Gasteiger charge is -2.28. The van der Waals surface area contributed by atoms with Crippen LogP contribution in [-0.2, 0) is 16.1 Å². The number of fused-ring (bicyclic) bond motifs is 1. The first-order valence-corrected chi connectivity index (χ1v) is 12.2. The molecular formula is C22H30ClN3O3S. The normalized spacial score (nSPS) is 20.5. The third kappa shape index (κ3) is 4.41. The zero-order valence-corrected chi connectivity index (χ0v) is 19.6. The molecule has 1 N–H and O–H groups in total. The van der Waals surface area contributed by atoms with Crippen molar-refractivity contribution in [1.82, 2.24) is 14.3 Å². The highest BCUT2D eigenvalue weighted by molar-refractivity contribution is 7.90. The van der Waals surface area contributed by atoms with E-state index in [-0.39, 0.29) is 23.6 Å². The molecule has 1 saturated heterocycles. The molecular weight excluding hydrogens is 422 g/mol. The second-order valence-corrected chi connectivity index (χ2v) is 11.8. The number of ether oxygens (including phenoxy) is 1. The summed E-state index contributed by atoms with van der Waals surface area (Å²) in [5.74, 6) is 1.08. The summed E-state index contributed by atoms with van der Waals surface area (Å²) in [5.41, 5.74) is 1.45. The molecule has 1 unspecified atom stereocenters. The number of halogens is 1. The van der Waals surface area contributed by atoms with Gasteiger partial charge in [0.2, 0.25) is 0 Å². The zero-order valence-electron chi connectivity index (χ0n) is 18.0. The van der Waals surface area contributed by atoms with Crippen molar-refractivity contribution in [3.63, 3.8) is 0 Å². The van der Waals surface area contributed by atoms with E-state index in [1.807, 2.05) is 38.3 Å². The van der Waals surface area contributed by atoms with Gasteiger partial charge >= 0.3 is 0 Å². The van der Waals surface area contributed by atoms with Gasteiger partial charge in [-0.2, -0.15) is 0 Å². The fourth-order valence-electron chi connectivity index (χ4n) is 3.97. The van der Waals surface area contributed by atoms with Crippen LogP contribution in [0.25, 0.3) is 10.9 Å². The SMILES string of the molecule is C[C@@H](N[S+]([O-])C(C)(C)C)c1cc(Cl)cc2c(=O)n(C3CC3)c(C3CCOCC3)nc12. The summed E-state index contributed by atoms with van der Waals surface area (Å²) in [6.45, 7) is 9.10. The van der Waals surface area contributed by atoms with Crippen LogP contribution in [0.4, 0.5) is 0 Å². The topological polar surface area (TPSA) is 79.2 Å². The molecule has 0 amide bonds. The van der Waals surface area contributed by atoms with Crippen molar-refractivity contribution in [2.75, 3.05) is 13.2 Å². The first-order valence-electron chi connectivity index (χ1n) is 10.7. The lowest BCUT2D eigenvalue weighted by Crippen LogP contribution is -2.40. The Morgan fingerprint density at radius 3 is 2.53 bits per heavy atom. The molecule has 1 aliphatic carbocycles. The molecule has 2 aromatic rings. The molecule has 2 atom stereocenters. The second kappa shape index (κ2) is 8.43. The Hall–Kier alpha value is -1.12. The molecule has 30 heavy (non-hydrogen) atoms. The van der Waals surface area contributed by atoms with E-state index in [1.54, 1.807) is 6.07 Å². The Kier molecular flexibility index (Phi) is 6.21.